The largest absolute Gasteiger partial charge is 0.423 e. The highest BCUT2D eigenvalue weighted by Gasteiger charge is 2.14. The minimum Gasteiger partial charge on any atom is -0.423 e. The fourth-order valence-electron chi connectivity index (χ4n) is 11.2. The first-order valence-electron chi connectivity index (χ1n) is 38.9. The predicted octanol–water partition coefficient (Wildman–Crippen LogP) is 27.3. The fourth-order valence-corrected chi connectivity index (χ4v) is 12.0. The molecule has 0 unspecified atom stereocenters. The van der Waals surface area contributed by atoms with Crippen LogP contribution in [0.5, 0.6) is 28.7 Å². The van der Waals surface area contributed by atoms with Crippen LogP contribution in [-0.4, -0.2) is 29.8 Å². The molecule has 0 aromatic heterocycles. The Labute approximate surface area is 706 Å². The number of ether oxygens (including phenoxy) is 5. The molecule has 0 aliphatic carbocycles. The van der Waals surface area contributed by atoms with E-state index in [-0.39, 0.29) is 53.4 Å². The summed E-state index contributed by atoms with van der Waals surface area (Å²) in [6.45, 7) is 11.1. The SMILES string of the molecule is CCCCCCc1ccc(C(=O)Oc2ccc(S)cc2)cc1.CCCCCCc1ccc(C(=O)Oc2ccc(S)cc2)cc1.CCCCCCc1ccc(C(=O)Oc2ccc(S)cc2)cc1.CCCCCCc1ccc(C(=O)Oc2ccc(S)cc2)cc1.CCCCCCc1ccc(C(=O)Oc2ccc(S)cc2)cc1.F.F.F.F.F. The third-order valence-electron chi connectivity index (χ3n) is 17.8. The highest BCUT2D eigenvalue weighted by atomic mass is 32.1. The van der Waals surface area contributed by atoms with Crippen LogP contribution in [0.25, 0.3) is 0 Å². The number of rotatable bonds is 35. The second-order valence-corrected chi connectivity index (χ2v) is 29.5. The number of halogens is 5. The Bertz CT molecular complexity index is 3610. The summed E-state index contributed by atoms with van der Waals surface area (Å²) in [6.07, 6.45) is 30.4. The van der Waals surface area contributed by atoms with Crippen LogP contribution in [0.15, 0.2) is 267 Å². The van der Waals surface area contributed by atoms with E-state index < -0.39 is 0 Å². The standard InChI is InChI=1S/5C19H22O2S.5FH/c5*1-2-3-4-5-6-15-7-9-16(10-8-15)19(20)21-17-11-13-18(22)14-12-17;;;;;/h5*7-14,22H,2-6H2,1H3;5*1H. The zero-order valence-electron chi connectivity index (χ0n) is 66.6. The molecule has 0 heterocycles. The average molecular weight is 1670 g/mol. The zero-order valence-corrected chi connectivity index (χ0v) is 71.1. The van der Waals surface area contributed by atoms with Crippen molar-refractivity contribution in [2.45, 2.75) is 220 Å². The molecule has 20 heteroatoms. The van der Waals surface area contributed by atoms with Gasteiger partial charge in [0.1, 0.15) is 28.7 Å². The number of benzene rings is 10. The first-order valence-corrected chi connectivity index (χ1v) is 41.2. The average Bonchev–Trinajstić information content (AvgIpc) is 0.885. The normalized spacial score (nSPS) is 10.0. The van der Waals surface area contributed by atoms with Crippen LogP contribution in [0.4, 0.5) is 23.5 Å². The molecule has 10 rings (SSSR count). The topological polar surface area (TPSA) is 132 Å². The number of hydrogen-bond acceptors (Lipinski definition) is 15. The zero-order chi connectivity index (χ0) is 78.9. The molecule has 10 nitrogen and oxygen atoms in total. The highest BCUT2D eigenvalue weighted by molar-refractivity contribution is 7.81. The molecule has 0 amide bonds. The van der Waals surface area contributed by atoms with E-state index in [1.165, 1.54) is 156 Å². The molecule has 0 fully saturated rings. The quantitative estimate of drug-likeness (QED) is 0.00860. The van der Waals surface area contributed by atoms with Crippen LogP contribution < -0.4 is 23.7 Å². The van der Waals surface area contributed by atoms with Gasteiger partial charge in [-0.25, -0.2) is 24.0 Å². The van der Waals surface area contributed by atoms with E-state index in [9.17, 15) is 24.0 Å². The molecule has 0 saturated heterocycles. The fraction of sp³-hybridized carbons (Fsp3) is 0.316. The minimum atomic E-state index is -0.329. The van der Waals surface area contributed by atoms with Gasteiger partial charge in [-0.2, -0.15) is 0 Å². The summed E-state index contributed by atoms with van der Waals surface area (Å²) in [7, 11) is 0. The number of aryl methyl sites for hydroxylation is 5. The lowest BCUT2D eigenvalue weighted by atomic mass is 10.0. The van der Waals surface area contributed by atoms with Crippen LogP contribution in [0.2, 0.25) is 0 Å². The summed E-state index contributed by atoms with van der Waals surface area (Å²) >= 11 is 21.0. The van der Waals surface area contributed by atoms with E-state index in [4.69, 9.17) is 23.7 Å². The summed E-state index contributed by atoms with van der Waals surface area (Å²) in [4.78, 5) is 64.5. The van der Waals surface area contributed by atoms with Crippen LogP contribution in [0.3, 0.4) is 0 Å². The van der Waals surface area contributed by atoms with E-state index >= 15 is 0 Å². The van der Waals surface area contributed by atoms with Crippen molar-refractivity contribution in [3.05, 3.63) is 298 Å². The van der Waals surface area contributed by atoms with Crippen LogP contribution in [0.1, 0.15) is 243 Å². The van der Waals surface area contributed by atoms with Gasteiger partial charge in [0, 0.05) is 24.5 Å². The molecular weight excluding hydrogens is 1560 g/mol. The molecule has 0 spiro atoms. The molecule has 0 atom stereocenters. The highest BCUT2D eigenvalue weighted by Crippen LogP contribution is 2.24. The monoisotopic (exact) mass is 1670 g/mol. The summed E-state index contributed by atoms with van der Waals surface area (Å²) in [5, 5.41) is 0. The van der Waals surface area contributed by atoms with Crippen molar-refractivity contribution in [2.24, 2.45) is 0 Å². The van der Waals surface area contributed by atoms with Gasteiger partial charge in [0.25, 0.3) is 0 Å². The Morgan fingerprint density at radius 2 is 0.322 bits per heavy atom. The molecule has 0 radical (unpaired) electrons. The maximum absolute atomic E-state index is 12.1. The van der Waals surface area contributed by atoms with Crippen molar-refractivity contribution < 1.29 is 71.2 Å². The number of carbonyl (C=O) groups is 5. The molecule has 0 aliphatic heterocycles. The van der Waals surface area contributed by atoms with E-state index in [2.05, 4.69) is 97.8 Å². The number of unbranched alkanes of at least 4 members (excludes halogenated alkanes) is 15. The Morgan fingerprint density at radius 3 is 0.443 bits per heavy atom. The van der Waals surface area contributed by atoms with Gasteiger partial charge in [-0.15, -0.1) is 63.1 Å². The number of carbonyl (C=O) groups excluding carboxylic acids is 5. The van der Waals surface area contributed by atoms with Gasteiger partial charge < -0.3 is 23.7 Å². The number of esters is 5. The number of thiol groups is 5. The van der Waals surface area contributed by atoms with E-state index in [0.717, 1.165) is 56.6 Å². The third-order valence-corrected chi connectivity index (χ3v) is 19.3. The van der Waals surface area contributed by atoms with Crippen molar-refractivity contribution in [3.63, 3.8) is 0 Å². The number of hydrogen-bond donors (Lipinski definition) is 5. The molecule has 0 aliphatic rings. The van der Waals surface area contributed by atoms with E-state index in [1.54, 1.807) is 121 Å². The molecule has 0 saturated carbocycles. The lowest BCUT2D eigenvalue weighted by Gasteiger charge is -2.06. The van der Waals surface area contributed by atoms with Gasteiger partial charge in [0.05, 0.1) is 27.8 Å². The van der Waals surface area contributed by atoms with E-state index in [1.807, 2.05) is 121 Å². The Hall–Kier alpha value is -9.05. The third kappa shape index (κ3) is 42.9. The maximum atomic E-state index is 12.1. The lowest BCUT2D eigenvalue weighted by molar-refractivity contribution is 0.0725. The van der Waals surface area contributed by atoms with Crippen molar-refractivity contribution in [1.29, 1.82) is 0 Å². The van der Waals surface area contributed by atoms with Crippen molar-refractivity contribution in [3.8, 4) is 28.7 Å². The predicted molar refractivity (Wildman–Crippen MR) is 477 cm³/mol. The van der Waals surface area contributed by atoms with Crippen LogP contribution in [0, 0.1) is 0 Å². The second-order valence-electron chi connectivity index (χ2n) is 27.0. The van der Waals surface area contributed by atoms with Gasteiger partial charge in [-0.05, 0) is 274 Å². The Balaban J connectivity index is 0.000000711. The molecule has 0 bridgehead atoms. The lowest BCUT2D eigenvalue weighted by Crippen LogP contribution is -2.08. The summed E-state index contributed by atoms with van der Waals surface area (Å²) in [5.74, 6) is 1.02. The molecule has 0 N–H and O–H groups in total. The smallest absolute Gasteiger partial charge is 0.343 e. The second kappa shape index (κ2) is 61.4. The minimum absolute atomic E-state index is 0. The summed E-state index contributed by atoms with van der Waals surface area (Å²) in [6, 6.07) is 73.9. The van der Waals surface area contributed by atoms with E-state index in [0.29, 0.717) is 56.6 Å². The van der Waals surface area contributed by atoms with Crippen LogP contribution in [-0.2, 0) is 32.1 Å². The summed E-state index contributed by atoms with van der Waals surface area (Å²) < 4.78 is 26.7. The first-order chi connectivity index (χ1) is 53.4. The van der Waals surface area contributed by atoms with Gasteiger partial charge in [-0.3, -0.25) is 23.5 Å². The van der Waals surface area contributed by atoms with Crippen molar-refractivity contribution in [2.75, 3.05) is 0 Å². The van der Waals surface area contributed by atoms with Gasteiger partial charge in [0.15, 0.2) is 0 Å². The maximum Gasteiger partial charge on any atom is 0.343 e. The summed E-state index contributed by atoms with van der Waals surface area (Å²) in [5.41, 5.74) is 9.23. The first kappa shape index (κ1) is 104. The molecule has 10 aromatic rings. The molecule has 115 heavy (non-hydrogen) atoms. The van der Waals surface area contributed by atoms with Crippen molar-refractivity contribution >= 4 is 93.0 Å². The Kier molecular flexibility index (Phi) is 55.5. The van der Waals surface area contributed by atoms with Gasteiger partial charge in [-0.1, -0.05) is 192 Å². The molecule has 620 valence electrons. The van der Waals surface area contributed by atoms with Crippen molar-refractivity contribution in [1.82, 2.24) is 0 Å². The van der Waals surface area contributed by atoms with Gasteiger partial charge >= 0.3 is 29.8 Å². The Morgan fingerprint density at radius 1 is 0.191 bits per heavy atom. The molecule has 10 aromatic carbocycles. The van der Waals surface area contributed by atoms with Crippen LogP contribution >= 0.6 is 63.1 Å². The molecular formula is C95H115F5O10S5. The van der Waals surface area contributed by atoms with Gasteiger partial charge in [0.2, 0.25) is 0 Å².